The summed E-state index contributed by atoms with van der Waals surface area (Å²) in [5.41, 5.74) is 1.88. The van der Waals surface area contributed by atoms with Crippen LogP contribution in [0.1, 0.15) is 31.8 Å². The molecule has 2 amide bonds. The number of rotatable bonds is 8. The Morgan fingerprint density at radius 1 is 0.556 bits per heavy atom. The minimum Gasteiger partial charge on any atom is -0.464 e. The van der Waals surface area contributed by atoms with E-state index in [1.165, 1.54) is 26.4 Å². The van der Waals surface area contributed by atoms with Gasteiger partial charge in [0.25, 0.3) is 11.8 Å². The number of hydrogen-bond donors (Lipinski definition) is 2. The van der Waals surface area contributed by atoms with Crippen LogP contribution in [0.3, 0.4) is 0 Å². The molecule has 0 unspecified atom stereocenters. The lowest BCUT2D eigenvalue weighted by atomic mass is 10.1. The summed E-state index contributed by atoms with van der Waals surface area (Å²) in [6.45, 7) is 0. The van der Waals surface area contributed by atoms with E-state index in [1.807, 2.05) is 0 Å². The van der Waals surface area contributed by atoms with Gasteiger partial charge in [0.2, 0.25) is 0 Å². The predicted molar refractivity (Wildman–Crippen MR) is 134 cm³/mol. The summed E-state index contributed by atoms with van der Waals surface area (Å²) in [5, 5.41) is 5.13. The molecule has 0 heterocycles. The van der Waals surface area contributed by atoms with Gasteiger partial charge in [0.1, 0.15) is 11.4 Å². The molecule has 8 nitrogen and oxygen atoms in total. The van der Waals surface area contributed by atoms with Crippen LogP contribution in [0, 0.1) is 0 Å². The average Bonchev–Trinajstić information content (AvgIpc) is 2.93. The molecule has 182 valence electrons. The van der Waals surface area contributed by atoms with Crippen LogP contribution in [0.25, 0.3) is 12.2 Å². The van der Waals surface area contributed by atoms with Crippen LogP contribution in [0.2, 0.25) is 0 Å². The van der Waals surface area contributed by atoms with Crippen LogP contribution < -0.4 is 10.6 Å². The fraction of sp³-hybridized carbons (Fsp3) is 0.0714. The fourth-order valence-corrected chi connectivity index (χ4v) is 3.10. The molecule has 0 saturated heterocycles. The van der Waals surface area contributed by atoms with Gasteiger partial charge in [-0.2, -0.15) is 0 Å². The summed E-state index contributed by atoms with van der Waals surface area (Å²) in [6.07, 6.45) is 2.94. The quantitative estimate of drug-likeness (QED) is 0.374. The molecule has 0 aromatic heterocycles. The molecular weight excluding hydrogens is 460 g/mol. The number of benzene rings is 3. The van der Waals surface area contributed by atoms with Gasteiger partial charge in [-0.3, -0.25) is 9.59 Å². The van der Waals surface area contributed by atoms with Crippen molar-refractivity contribution in [2.24, 2.45) is 0 Å². The molecule has 0 aliphatic carbocycles. The highest BCUT2D eigenvalue weighted by Gasteiger charge is 2.16. The van der Waals surface area contributed by atoms with Crippen molar-refractivity contribution in [2.45, 2.75) is 0 Å². The zero-order chi connectivity index (χ0) is 25.9. The van der Waals surface area contributed by atoms with Gasteiger partial charge in [-0.25, -0.2) is 9.59 Å². The highest BCUT2D eigenvalue weighted by Crippen LogP contribution is 2.13. The lowest BCUT2D eigenvalue weighted by molar-refractivity contribution is -0.137. The maximum absolute atomic E-state index is 12.5. The maximum atomic E-state index is 12.5. The molecule has 0 spiro atoms. The Morgan fingerprint density at radius 2 is 0.889 bits per heavy atom. The van der Waals surface area contributed by atoms with Crippen molar-refractivity contribution >= 4 is 35.9 Å². The third-order valence-electron chi connectivity index (χ3n) is 4.94. The van der Waals surface area contributed by atoms with Crippen LogP contribution in [0.15, 0.2) is 96.3 Å². The normalized spacial score (nSPS) is 11.3. The maximum Gasteiger partial charge on any atom is 0.354 e. The summed E-state index contributed by atoms with van der Waals surface area (Å²) < 4.78 is 9.57. The van der Waals surface area contributed by atoms with Gasteiger partial charge in [-0.05, 0) is 47.5 Å². The van der Waals surface area contributed by atoms with Crippen LogP contribution >= 0.6 is 0 Å². The van der Waals surface area contributed by atoms with Crippen molar-refractivity contribution in [1.82, 2.24) is 10.6 Å². The first kappa shape index (κ1) is 25.6. The summed E-state index contributed by atoms with van der Waals surface area (Å²) in [7, 11) is 2.44. The van der Waals surface area contributed by atoms with Crippen LogP contribution in [-0.4, -0.2) is 38.0 Å². The first-order chi connectivity index (χ1) is 17.4. The van der Waals surface area contributed by atoms with Gasteiger partial charge in [0.15, 0.2) is 0 Å². The van der Waals surface area contributed by atoms with Crippen molar-refractivity contribution in [2.75, 3.05) is 14.2 Å². The van der Waals surface area contributed by atoms with Gasteiger partial charge in [0.05, 0.1) is 14.2 Å². The van der Waals surface area contributed by atoms with E-state index >= 15 is 0 Å². The van der Waals surface area contributed by atoms with Crippen molar-refractivity contribution in [3.8, 4) is 0 Å². The Bertz CT molecular complexity index is 1190. The van der Waals surface area contributed by atoms with Crippen LogP contribution in [-0.2, 0) is 19.1 Å². The number of carbonyl (C=O) groups excluding carboxylic acids is 4. The summed E-state index contributed by atoms with van der Waals surface area (Å²) >= 11 is 0. The largest absolute Gasteiger partial charge is 0.464 e. The number of nitrogens with one attached hydrogen (secondary N) is 2. The monoisotopic (exact) mass is 484 g/mol. The number of esters is 2. The number of ether oxygens (including phenoxy) is 2. The molecule has 0 aliphatic rings. The first-order valence-electron chi connectivity index (χ1n) is 10.8. The van der Waals surface area contributed by atoms with E-state index in [2.05, 4.69) is 10.6 Å². The van der Waals surface area contributed by atoms with E-state index in [-0.39, 0.29) is 11.4 Å². The zero-order valence-corrected chi connectivity index (χ0v) is 19.7. The second-order valence-electron chi connectivity index (χ2n) is 7.41. The zero-order valence-electron chi connectivity index (χ0n) is 19.7. The minimum absolute atomic E-state index is 0.0416. The van der Waals surface area contributed by atoms with Gasteiger partial charge < -0.3 is 20.1 Å². The first-order valence-corrected chi connectivity index (χ1v) is 10.8. The van der Waals surface area contributed by atoms with E-state index in [1.54, 1.807) is 84.9 Å². The van der Waals surface area contributed by atoms with Gasteiger partial charge in [0, 0.05) is 11.1 Å². The molecule has 0 bridgehead atoms. The summed E-state index contributed by atoms with van der Waals surface area (Å²) in [5.74, 6) is -2.33. The number of hydrogen-bond acceptors (Lipinski definition) is 6. The summed E-state index contributed by atoms with van der Waals surface area (Å²) in [6, 6.07) is 23.6. The number of carbonyl (C=O) groups is 4. The van der Waals surface area contributed by atoms with Crippen molar-refractivity contribution < 1.29 is 28.7 Å². The lowest BCUT2D eigenvalue weighted by Gasteiger charge is -2.09. The third-order valence-corrected chi connectivity index (χ3v) is 4.94. The third kappa shape index (κ3) is 7.01. The Balaban J connectivity index is 1.82. The molecule has 3 aromatic rings. The average molecular weight is 485 g/mol. The minimum atomic E-state index is -0.708. The molecular formula is C28H24N2O6. The molecule has 0 aliphatic heterocycles. The molecule has 0 atom stereocenters. The predicted octanol–water partition coefficient (Wildman–Crippen LogP) is 3.57. The molecule has 36 heavy (non-hydrogen) atoms. The number of methoxy groups -OCH3 is 2. The molecule has 2 N–H and O–H groups in total. The Hall–Kier alpha value is -4.98. The lowest BCUT2D eigenvalue weighted by Crippen LogP contribution is -2.28. The smallest absolute Gasteiger partial charge is 0.354 e. The second kappa shape index (κ2) is 12.5. The van der Waals surface area contributed by atoms with Gasteiger partial charge in [-0.1, -0.05) is 60.7 Å². The highest BCUT2D eigenvalue weighted by molar-refractivity contribution is 6.04. The highest BCUT2D eigenvalue weighted by atomic mass is 16.5. The Kier molecular flexibility index (Phi) is 8.88. The molecule has 0 radical (unpaired) electrons. The van der Waals surface area contributed by atoms with Crippen molar-refractivity contribution in [3.05, 3.63) is 119 Å². The van der Waals surface area contributed by atoms with E-state index in [0.29, 0.717) is 22.3 Å². The van der Waals surface area contributed by atoms with E-state index in [9.17, 15) is 19.2 Å². The standard InChI is InChI=1S/C28H24N2O6/c1-35-27(33)23(29-25(31)21-9-5-3-6-10-21)17-19-13-15-20(16-14-19)18-24(28(34)36-2)30-26(32)22-11-7-4-8-12-22/h3-18H,1-2H3,(H,29,31)(H,30,32)/b23-17-,24-18-. The van der Waals surface area contributed by atoms with E-state index in [4.69, 9.17) is 9.47 Å². The molecule has 8 heteroatoms. The van der Waals surface area contributed by atoms with E-state index in [0.717, 1.165) is 0 Å². The molecule has 0 saturated carbocycles. The Morgan fingerprint density at radius 3 is 1.19 bits per heavy atom. The fourth-order valence-electron chi connectivity index (χ4n) is 3.10. The van der Waals surface area contributed by atoms with E-state index < -0.39 is 23.8 Å². The second-order valence-corrected chi connectivity index (χ2v) is 7.41. The molecule has 3 rings (SSSR count). The van der Waals surface area contributed by atoms with Gasteiger partial charge >= 0.3 is 11.9 Å². The topological polar surface area (TPSA) is 111 Å². The van der Waals surface area contributed by atoms with Gasteiger partial charge in [-0.15, -0.1) is 0 Å². The summed E-state index contributed by atoms with van der Waals surface area (Å²) in [4.78, 5) is 49.4. The van der Waals surface area contributed by atoms with Crippen molar-refractivity contribution in [1.29, 1.82) is 0 Å². The van der Waals surface area contributed by atoms with Crippen LogP contribution in [0.5, 0.6) is 0 Å². The number of amides is 2. The SMILES string of the molecule is COC(=O)/C(=C/c1ccc(/C=C(\NC(=O)c2ccccc2)C(=O)OC)cc1)NC(=O)c1ccccc1. The molecule has 0 fully saturated rings. The Labute approximate surface area is 208 Å². The van der Waals surface area contributed by atoms with Crippen LogP contribution in [0.4, 0.5) is 0 Å². The molecule has 3 aromatic carbocycles. The van der Waals surface area contributed by atoms with Crippen molar-refractivity contribution in [3.63, 3.8) is 0 Å².